The number of rotatable bonds is 18. The van der Waals surface area contributed by atoms with E-state index < -0.39 is 54.0 Å². The second-order valence-corrected chi connectivity index (χ2v) is 9.15. The van der Waals surface area contributed by atoms with Crippen LogP contribution in [0, 0.1) is 5.92 Å². The topological polar surface area (TPSA) is 261 Å². The van der Waals surface area contributed by atoms with E-state index in [4.69, 9.17) is 22.9 Å². The van der Waals surface area contributed by atoms with Crippen LogP contribution in [-0.4, -0.2) is 83.2 Å². The van der Waals surface area contributed by atoms with Gasteiger partial charge in [-0.3, -0.25) is 19.4 Å². The van der Waals surface area contributed by atoms with E-state index in [1.807, 2.05) is 13.8 Å². The van der Waals surface area contributed by atoms with Gasteiger partial charge >= 0.3 is 5.97 Å². The van der Waals surface area contributed by atoms with Gasteiger partial charge in [0.1, 0.15) is 24.2 Å². The van der Waals surface area contributed by atoms with Crippen LogP contribution in [0.4, 0.5) is 0 Å². The summed E-state index contributed by atoms with van der Waals surface area (Å²) in [5.74, 6) is -3.38. The molecule has 0 aromatic carbocycles. The first-order chi connectivity index (χ1) is 16.8. The number of guanidine groups is 1. The summed E-state index contributed by atoms with van der Waals surface area (Å²) in [5, 5.41) is 26.7. The van der Waals surface area contributed by atoms with Crippen molar-refractivity contribution in [1.29, 1.82) is 0 Å². The highest BCUT2D eigenvalue weighted by atomic mass is 16.4. The van der Waals surface area contributed by atoms with Crippen molar-refractivity contribution >= 4 is 29.7 Å². The molecule has 0 saturated heterocycles. The normalized spacial score (nSPS) is 15.2. The molecule has 0 rings (SSSR count). The monoisotopic (exact) mass is 516 g/mol. The molecule has 208 valence electrons. The van der Waals surface area contributed by atoms with Gasteiger partial charge < -0.3 is 49.1 Å². The van der Waals surface area contributed by atoms with Crippen molar-refractivity contribution in [1.82, 2.24) is 16.0 Å². The fourth-order valence-corrected chi connectivity index (χ4v) is 3.26. The van der Waals surface area contributed by atoms with Crippen molar-refractivity contribution in [2.24, 2.45) is 33.8 Å². The average molecular weight is 517 g/mol. The van der Waals surface area contributed by atoms with Gasteiger partial charge in [0.2, 0.25) is 17.7 Å². The summed E-state index contributed by atoms with van der Waals surface area (Å²) in [4.78, 5) is 53.9. The van der Waals surface area contributed by atoms with Crippen molar-refractivity contribution in [3.05, 3.63) is 0 Å². The number of aliphatic carboxylic acids is 1. The van der Waals surface area contributed by atoms with E-state index in [-0.39, 0.29) is 37.7 Å². The molecule has 5 unspecified atom stereocenters. The summed E-state index contributed by atoms with van der Waals surface area (Å²) in [6.07, 6.45) is 0.846. The minimum absolute atomic E-state index is 0.0138. The van der Waals surface area contributed by atoms with Gasteiger partial charge in [0.25, 0.3) is 0 Å². The van der Waals surface area contributed by atoms with Crippen molar-refractivity contribution in [2.75, 3.05) is 13.1 Å². The Kier molecular flexibility index (Phi) is 16.0. The maximum absolute atomic E-state index is 13.1. The number of aliphatic hydroxyl groups is 1. The quantitative estimate of drug-likeness (QED) is 0.0523. The number of aliphatic hydroxyl groups excluding tert-OH is 1. The second-order valence-electron chi connectivity index (χ2n) is 9.15. The third-order valence-corrected chi connectivity index (χ3v) is 5.30. The van der Waals surface area contributed by atoms with Crippen molar-refractivity contribution < 1.29 is 29.4 Å². The molecule has 14 heteroatoms. The molecule has 0 aliphatic rings. The van der Waals surface area contributed by atoms with E-state index in [1.54, 1.807) is 0 Å². The molecule has 14 nitrogen and oxygen atoms in total. The summed E-state index contributed by atoms with van der Waals surface area (Å²) in [6, 6.07) is -4.54. The first-order valence-corrected chi connectivity index (χ1v) is 12.1. The molecule has 0 radical (unpaired) electrons. The van der Waals surface area contributed by atoms with Gasteiger partial charge in [0.05, 0.1) is 6.10 Å². The summed E-state index contributed by atoms with van der Waals surface area (Å²) in [5.41, 5.74) is 21.7. The highest BCUT2D eigenvalue weighted by Gasteiger charge is 2.31. The lowest BCUT2D eigenvalue weighted by Crippen LogP contribution is -2.58. The molecule has 0 aliphatic carbocycles. The highest BCUT2D eigenvalue weighted by Crippen LogP contribution is 2.09. The Balaban J connectivity index is 5.56. The molecule has 0 aromatic heterocycles. The van der Waals surface area contributed by atoms with Gasteiger partial charge in [0, 0.05) is 6.54 Å². The number of amides is 3. The van der Waals surface area contributed by atoms with Crippen LogP contribution >= 0.6 is 0 Å². The van der Waals surface area contributed by atoms with Crippen LogP contribution in [0.2, 0.25) is 0 Å². The molecule has 36 heavy (non-hydrogen) atoms. The van der Waals surface area contributed by atoms with Gasteiger partial charge in [-0.25, -0.2) is 4.79 Å². The Morgan fingerprint density at radius 3 is 1.86 bits per heavy atom. The number of nitrogens with one attached hydrogen (secondary N) is 3. The lowest BCUT2D eigenvalue weighted by atomic mass is 10.0. The summed E-state index contributed by atoms with van der Waals surface area (Å²) in [6.45, 7) is 5.63. The zero-order valence-corrected chi connectivity index (χ0v) is 21.4. The van der Waals surface area contributed by atoms with Crippen LogP contribution in [0.5, 0.6) is 0 Å². The van der Waals surface area contributed by atoms with Crippen molar-refractivity contribution in [3.63, 3.8) is 0 Å². The Labute approximate surface area is 212 Å². The van der Waals surface area contributed by atoms with E-state index in [9.17, 15) is 29.4 Å². The highest BCUT2D eigenvalue weighted by molar-refractivity contribution is 5.94. The summed E-state index contributed by atoms with van der Waals surface area (Å²) < 4.78 is 0. The smallest absolute Gasteiger partial charge is 0.326 e. The Bertz CT molecular complexity index is 742. The van der Waals surface area contributed by atoms with E-state index >= 15 is 0 Å². The number of carboxylic acids is 1. The molecular weight excluding hydrogens is 472 g/mol. The molecule has 3 amide bonds. The number of unbranched alkanes of at least 4 members (excludes halogenated alkanes) is 1. The minimum Gasteiger partial charge on any atom is -0.480 e. The fourth-order valence-electron chi connectivity index (χ4n) is 3.26. The zero-order chi connectivity index (χ0) is 27.8. The molecule has 0 fully saturated rings. The van der Waals surface area contributed by atoms with Gasteiger partial charge in [-0.05, 0) is 57.9 Å². The number of nitrogens with zero attached hydrogens (tertiary/aromatic N) is 1. The molecule has 5 atom stereocenters. The number of carboxylic acid groups (broad SMARTS) is 1. The summed E-state index contributed by atoms with van der Waals surface area (Å²) in [7, 11) is 0. The zero-order valence-electron chi connectivity index (χ0n) is 21.4. The second kappa shape index (κ2) is 17.5. The van der Waals surface area contributed by atoms with Crippen molar-refractivity contribution in [2.45, 2.75) is 89.6 Å². The van der Waals surface area contributed by atoms with Crippen LogP contribution in [-0.2, 0) is 19.2 Å². The Hall–Kier alpha value is -2.97. The van der Waals surface area contributed by atoms with Crippen LogP contribution in [0.1, 0.15) is 59.3 Å². The molecular formula is C22H44N8O6. The first-order valence-electron chi connectivity index (χ1n) is 12.1. The maximum atomic E-state index is 13.1. The average Bonchev–Trinajstić information content (AvgIpc) is 2.78. The molecule has 0 aliphatic heterocycles. The predicted octanol–water partition coefficient (Wildman–Crippen LogP) is -2.54. The van der Waals surface area contributed by atoms with E-state index in [2.05, 4.69) is 20.9 Å². The largest absolute Gasteiger partial charge is 0.480 e. The van der Waals surface area contributed by atoms with Crippen LogP contribution in [0.3, 0.4) is 0 Å². The molecule has 0 bridgehead atoms. The number of hydrogen-bond acceptors (Lipinski definition) is 8. The number of aliphatic imine (C=N–C) groups is 1. The molecule has 13 N–H and O–H groups in total. The third-order valence-electron chi connectivity index (χ3n) is 5.30. The standard InChI is InChI=1S/C22H44N8O6/c1-12(2)11-16(19(33)29-15(21(35)36)7-4-5-9-23)30-18(32)14(8-6-10-27-22(25)26)28-20(34)17(24)13(3)31/h12-17,31H,4-11,23-24H2,1-3H3,(H,28,34)(H,29,33)(H,30,32)(H,35,36)(H4,25,26,27). The van der Waals surface area contributed by atoms with Crippen LogP contribution in [0.15, 0.2) is 4.99 Å². The van der Waals surface area contributed by atoms with E-state index in [1.165, 1.54) is 6.92 Å². The lowest BCUT2D eigenvalue weighted by Gasteiger charge is -2.26. The van der Waals surface area contributed by atoms with Crippen LogP contribution < -0.4 is 38.9 Å². The number of hydrogen-bond donors (Lipinski definition) is 9. The molecule has 0 heterocycles. The number of carbonyl (C=O) groups excluding carboxylic acids is 3. The Morgan fingerprint density at radius 2 is 1.36 bits per heavy atom. The maximum Gasteiger partial charge on any atom is 0.326 e. The van der Waals surface area contributed by atoms with Crippen molar-refractivity contribution in [3.8, 4) is 0 Å². The molecule has 0 spiro atoms. The van der Waals surface area contributed by atoms with Gasteiger partial charge in [-0.15, -0.1) is 0 Å². The molecule has 0 aromatic rings. The summed E-state index contributed by atoms with van der Waals surface area (Å²) >= 11 is 0. The first kappa shape index (κ1) is 33.0. The Morgan fingerprint density at radius 1 is 0.833 bits per heavy atom. The third kappa shape index (κ3) is 13.8. The predicted molar refractivity (Wildman–Crippen MR) is 135 cm³/mol. The SMILES string of the molecule is CC(C)CC(NC(=O)C(CCCN=C(N)N)NC(=O)C(N)C(C)O)C(=O)NC(CCCCN)C(=O)O. The molecule has 0 saturated carbocycles. The van der Waals surface area contributed by atoms with Crippen LogP contribution in [0.25, 0.3) is 0 Å². The lowest BCUT2D eigenvalue weighted by molar-refractivity contribution is -0.142. The number of carbonyl (C=O) groups is 4. The van der Waals surface area contributed by atoms with Gasteiger partial charge in [-0.2, -0.15) is 0 Å². The fraction of sp³-hybridized carbons (Fsp3) is 0.773. The minimum atomic E-state index is -1.27. The number of nitrogens with two attached hydrogens (primary N) is 4. The van der Waals surface area contributed by atoms with Gasteiger partial charge in [-0.1, -0.05) is 13.8 Å². The van der Waals surface area contributed by atoms with Gasteiger partial charge in [0.15, 0.2) is 5.96 Å². The van der Waals surface area contributed by atoms with E-state index in [0.29, 0.717) is 25.8 Å². The van der Waals surface area contributed by atoms with E-state index in [0.717, 1.165) is 0 Å².